The van der Waals surface area contributed by atoms with E-state index in [1.165, 1.54) is 5.57 Å². The molecule has 0 aliphatic carbocycles. The van der Waals surface area contributed by atoms with Crippen molar-refractivity contribution in [3.05, 3.63) is 59.0 Å². The van der Waals surface area contributed by atoms with Crippen LogP contribution in [0.25, 0.3) is 10.8 Å². The highest BCUT2D eigenvalue weighted by Crippen LogP contribution is 2.47. The molecule has 2 aromatic heterocycles. The van der Waals surface area contributed by atoms with Gasteiger partial charge < -0.3 is 15.1 Å². The number of carbonyl (C=O) groups is 1. The number of hydrogen-bond donors (Lipinski definition) is 1. The molecule has 1 fully saturated rings. The fourth-order valence-corrected chi connectivity index (χ4v) is 6.03. The molecule has 0 saturated carbocycles. The summed E-state index contributed by atoms with van der Waals surface area (Å²) in [6.07, 6.45) is 8.88. The summed E-state index contributed by atoms with van der Waals surface area (Å²) in [6, 6.07) is 2.53. The summed E-state index contributed by atoms with van der Waals surface area (Å²) >= 11 is 0. The van der Waals surface area contributed by atoms with Gasteiger partial charge >= 0.3 is 0 Å². The molecule has 31 heavy (non-hydrogen) atoms. The number of hydrogen-bond acceptors (Lipinski definition) is 5. The molecule has 7 nitrogen and oxygen atoms in total. The summed E-state index contributed by atoms with van der Waals surface area (Å²) in [6.45, 7) is 11.3. The zero-order chi connectivity index (χ0) is 21.7. The van der Waals surface area contributed by atoms with Crippen molar-refractivity contribution < 1.29 is 4.79 Å². The fourth-order valence-electron chi connectivity index (χ4n) is 4.61. The van der Waals surface area contributed by atoms with Gasteiger partial charge in [0, 0.05) is 43.3 Å². The van der Waals surface area contributed by atoms with Gasteiger partial charge in [-0.1, -0.05) is 15.5 Å². The second-order valence-corrected chi connectivity index (χ2v) is 10.0. The molecule has 1 saturated heterocycles. The smallest absolute Gasteiger partial charge is 0.252 e. The number of fused-ring (bicyclic) bond motifs is 2. The highest BCUT2D eigenvalue weighted by atomic mass is 31.1. The Kier molecular flexibility index (Phi) is 5.19. The maximum absolute atomic E-state index is 13.1. The number of aromatic nitrogens is 3. The van der Waals surface area contributed by atoms with Crippen LogP contribution in [0, 0.1) is 6.92 Å². The van der Waals surface area contributed by atoms with Crippen LogP contribution in [0.4, 0.5) is 0 Å². The van der Waals surface area contributed by atoms with Crippen LogP contribution in [-0.2, 0) is 11.2 Å². The molecule has 1 amide bonds. The predicted octanol–water partition coefficient (Wildman–Crippen LogP) is 2.88. The van der Waals surface area contributed by atoms with Gasteiger partial charge in [-0.15, -0.1) is 0 Å². The van der Waals surface area contributed by atoms with Gasteiger partial charge in [-0.25, -0.2) is 4.52 Å². The molecule has 0 aromatic carbocycles. The minimum atomic E-state index is 0.0361. The summed E-state index contributed by atoms with van der Waals surface area (Å²) in [5.74, 6) is 0.112. The van der Waals surface area contributed by atoms with Gasteiger partial charge in [-0.3, -0.25) is 9.78 Å². The van der Waals surface area contributed by atoms with Gasteiger partial charge in [-0.2, -0.15) is 5.10 Å². The van der Waals surface area contributed by atoms with Crippen LogP contribution in [-0.4, -0.2) is 61.8 Å². The molecule has 0 radical (unpaired) electrons. The van der Waals surface area contributed by atoms with Crippen molar-refractivity contribution in [2.45, 2.75) is 45.9 Å². The quantitative estimate of drug-likeness (QED) is 0.750. The standard InChI is InChI=1S/C23H29N6OP/c1-5-18-20-9-19(26-29(20)12-16(4)25-18)21-10-22(30)28-13-17(8-14(2)23(28)31-21)27-7-6-24-15(3)11-27/h8-10,12-13,15,23-24,31H,5-7,11H2,1-4H3/t15-,23?/m0/s1. The Hall–Kier alpha value is -2.50. The normalized spacial score (nSPS) is 24.9. The third-order valence-corrected chi connectivity index (χ3v) is 7.89. The number of amides is 1. The first-order valence-electron chi connectivity index (χ1n) is 11.0. The number of allylic oxidation sites excluding steroid dienone is 1. The third-order valence-electron chi connectivity index (χ3n) is 6.17. The predicted molar refractivity (Wildman–Crippen MR) is 125 cm³/mol. The van der Waals surface area contributed by atoms with Crippen LogP contribution in [0.15, 0.2) is 41.9 Å². The summed E-state index contributed by atoms with van der Waals surface area (Å²) in [7, 11) is 0.466. The number of carbonyl (C=O) groups excluding carboxylic acids is 1. The van der Waals surface area contributed by atoms with Crippen LogP contribution < -0.4 is 5.32 Å². The minimum Gasteiger partial charge on any atom is -0.368 e. The van der Waals surface area contributed by atoms with E-state index in [9.17, 15) is 4.79 Å². The number of piperazine rings is 1. The zero-order valence-electron chi connectivity index (χ0n) is 18.5. The van der Waals surface area contributed by atoms with Crippen molar-refractivity contribution in [1.82, 2.24) is 29.7 Å². The fraction of sp³-hybridized carbons (Fsp3) is 0.435. The second-order valence-electron chi connectivity index (χ2n) is 8.64. The van der Waals surface area contributed by atoms with Crippen LogP contribution in [0.2, 0.25) is 0 Å². The van der Waals surface area contributed by atoms with Crippen LogP contribution >= 0.6 is 8.58 Å². The first-order chi connectivity index (χ1) is 14.9. The van der Waals surface area contributed by atoms with E-state index < -0.39 is 0 Å². The first-order valence-corrected chi connectivity index (χ1v) is 12.1. The maximum Gasteiger partial charge on any atom is 0.252 e. The monoisotopic (exact) mass is 436 g/mol. The Morgan fingerprint density at radius 2 is 2.13 bits per heavy atom. The Balaban J connectivity index is 1.47. The van der Waals surface area contributed by atoms with E-state index in [-0.39, 0.29) is 11.7 Å². The molecule has 162 valence electrons. The third kappa shape index (κ3) is 3.70. The molecular formula is C23H29N6OP. The largest absolute Gasteiger partial charge is 0.368 e. The minimum absolute atomic E-state index is 0.0361. The summed E-state index contributed by atoms with van der Waals surface area (Å²) in [5.41, 5.74) is 6.27. The highest BCUT2D eigenvalue weighted by Gasteiger charge is 2.33. The Bertz CT molecular complexity index is 1150. The van der Waals surface area contributed by atoms with Crippen molar-refractivity contribution >= 4 is 25.3 Å². The van der Waals surface area contributed by atoms with Crippen LogP contribution in [0.3, 0.4) is 0 Å². The van der Waals surface area contributed by atoms with Crippen molar-refractivity contribution in [3.8, 4) is 0 Å². The average Bonchev–Trinajstić information content (AvgIpc) is 3.17. The molecule has 3 aliphatic rings. The van der Waals surface area contributed by atoms with E-state index in [1.54, 1.807) is 6.08 Å². The molecule has 3 aliphatic heterocycles. The van der Waals surface area contributed by atoms with Gasteiger partial charge in [0.2, 0.25) is 0 Å². The Labute approximate surface area is 184 Å². The molecule has 5 heterocycles. The van der Waals surface area contributed by atoms with Crippen LogP contribution in [0.1, 0.15) is 37.9 Å². The lowest BCUT2D eigenvalue weighted by Crippen LogP contribution is -2.49. The molecule has 1 N–H and O–H groups in total. The molecular weight excluding hydrogens is 407 g/mol. The molecule has 2 aromatic rings. The number of nitrogens with one attached hydrogen (secondary N) is 1. The van der Waals surface area contributed by atoms with Gasteiger partial charge in [0.15, 0.2) is 0 Å². The lowest BCUT2D eigenvalue weighted by Gasteiger charge is -2.40. The van der Waals surface area contributed by atoms with Crippen molar-refractivity contribution in [2.24, 2.45) is 0 Å². The summed E-state index contributed by atoms with van der Waals surface area (Å²) in [5, 5.41) is 9.30. The molecule has 3 atom stereocenters. The van der Waals surface area contributed by atoms with Gasteiger partial charge in [-0.05, 0) is 44.9 Å². The van der Waals surface area contributed by atoms with Crippen LogP contribution in [0.5, 0.6) is 0 Å². The van der Waals surface area contributed by atoms with Gasteiger partial charge in [0.05, 0.1) is 40.3 Å². The maximum atomic E-state index is 13.1. The molecule has 0 bridgehead atoms. The van der Waals surface area contributed by atoms with E-state index in [0.717, 1.165) is 59.7 Å². The van der Waals surface area contributed by atoms with Crippen molar-refractivity contribution in [1.29, 1.82) is 0 Å². The topological polar surface area (TPSA) is 65.8 Å². The van der Waals surface area contributed by atoms with E-state index in [1.807, 2.05) is 28.7 Å². The Morgan fingerprint density at radius 1 is 1.29 bits per heavy atom. The van der Waals surface area contributed by atoms with Crippen molar-refractivity contribution in [3.63, 3.8) is 0 Å². The summed E-state index contributed by atoms with van der Waals surface area (Å²) < 4.78 is 1.91. The lowest BCUT2D eigenvalue weighted by atomic mass is 10.1. The number of aryl methyl sites for hydroxylation is 2. The number of nitrogens with zero attached hydrogens (tertiary/aromatic N) is 5. The van der Waals surface area contributed by atoms with Gasteiger partial charge in [0.25, 0.3) is 5.91 Å². The van der Waals surface area contributed by atoms with Crippen molar-refractivity contribution in [2.75, 3.05) is 19.6 Å². The number of rotatable bonds is 3. The van der Waals surface area contributed by atoms with E-state index in [0.29, 0.717) is 14.6 Å². The molecule has 0 spiro atoms. The van der Waals surface area contributed by atoms with E-state index >= 15 is 0 Å². The van der Waals surface area contributed by atoms with E-state index in [4.69, 9.17) is 5.10 Å². The van der Waals surface area contributed by atoms with E-state index in [2.05, 4.69) is 48.1 Å². The molecule has 8 heteroatoms. The second kappa shape index (κ2) is 7.88. The summed E-state index contributed by atoms with van der Waals surface area (Å²) in [4.78, 5) is 22.1. The molecule has 5 rings (SSSR count). The Morgan fingerprint density at radius 3 is 2.90 bits per heavy atom. The SMILES string of the molecule is CCc1nc(C)cn2nc(C3=CC(=O)N4C=C(N5CCN[C@@H](C)C5)C=C(C)C4P3)cc12. The molecule has 2 unspecified atom stereocenters. The highest BCUT2D eigenvalue weighted by molar-refractivity contribution is 7.51. The lowest BCUT2D eigenvalue weighted by molar-refractivity contribution is -0.124. The average molecular weight is 437 g/mol. The van der Waals surface area contributed by atoms with Gasteiger partial charge in [0.1, 0.15) is 0 Å². The zero-order valence-corrected chi connectivity index (χ0v) is 19.5. The first kappa shape index (κ1) is 20.4.